The molecule has 7 nitrogen and oxygen atoms in total. The second-order valence-electron chi connectivity index (χ2n) is 8.13. The van der Waals surface area contributed by atoms with Crippen LogP contribution in [0.5, 0.6) is 0 Å². The van der Waals surface area contributed by atoms with Gasteiger partial charge in [-0.2, -0.15) is 0 Å². The number of aliphatic hydroxyl groups excluding tert-OH is 1. The van der Waals surface area contributed by atoms with Crippen molar-refractivity contribution in [2.75, 3.05) is 7.05 Å². The Hall–Kier alpha value is -0.683. The van der Waals surface area contributed by atoms with Gasteiger partial charge in [0.15, 0.2) is 14.5 Å². The van der Waals surface area contributed by atoms with Gasteiger partial charge in [-0.15, -0.1) is 0 Å². The second-order valence-corrected chi connectivity index (χ2v) is 13.9. The van der Waals surface area contributed by atoms with E-state index in [-0.39, 0.29) is 10.3 Å². The fraction of sp³-hybridized carbons (Fsp3) is 0.875. The van der Waals surface area contributed by atoms with Gasteiger partial charge in [0.05, 0.1) is 6.10 Å². The van der Waals surface area contributed by atoms with E-state index in [1.807, 2.05) is 0 Å². The van der Waals surface area contributed by atoms with Gasteiger partial charge in [0.2, 0.25) is 0 Å². The lowest BCUT2D eigenvalue weighted by Crippen LogP contribution is -2.58. The Morgan fingerprint density at radius 3 is 2.62 bits per heavy atom. The molecule has 1 amide bonds. The maximum atomic E-state index is 14.8. The number of aliphatic hydroxyl groups is 1. The number of nitrogens with zero attached hydrogens (tertiary/aromatic N) is 1. The summed E-state index contributed by atoms with van der Waals surface area (Å²) in [6.07, 6.45) is -4.96. The van der Waals surface area contributed by atoms with Crippen LogP contribution in [0, 0.1) is 0 Å². The van der Waals surface area contributed by atoms with E-state index in [1.54, 1.807) is 6.92 Å². The number of thioether (sulfide) groups is 1. The molecule has 1 saturated heterocycles. The molecular weight excluding hydrogens is 379 g/mol. The van der Waals surface area contributed by atoms with E-state index in [9.17, 15) is 14.3 Å². The van der Waals surface area contributed by atoms with Gasteiger partial charge in [-0.1, -0.05) is 20.8 Å². The number of alkyl carbamates (subject to hydrolysis) is 1. The molecule has 2 rings (SSSR count). The third-order valence-corrected chi connectivity index (χ3v) is 10.8. The zero-order valence-corrected chi connectivity index (χ0v) is 18.1. The van der Waals surface area contributed by atoms with Crippen LogP contribution in [0.25, 0.3) is 0 Å². The molecule has 1 fully saturated rings. The van der Waals surface area contributed by atoms with Crippen molar-refractivity contribution in [3.63, 3.8) is 0 Å². The van der Waals surface area contributed by atoms with Crippen LogP contribution in [0.15, 0.2) is 4.99 Å². The highest BCUT2D eigenvalue weighted by atomic mass is 32.2. The third kappa shape index (κ3) is 4.41. The summed E-state index contributed by atoms with van der Waals surface area (Å²) in [6, 6.07) is -0.911. The normalized spacial score (nSPS) is 33.3. The summed E-state index contributed by atoms with van der Waals surface area (Å²) in [6.45, 7) is 12.3. The Morgan fingerprint density at radius 1 is 1.46 bits per heavy atom. The van der Waals surface area contributed by atoms with Crippen molar-refractivity contribution in [1.82, 2.24) is 5.32 Å². The molecule has 10 heteroatoms. The van der Waals surface area contributed by atoms with Crippen molar-refractivity contribution in [2.45, 2.75) is 81.8 Å². The lowest BCUT2D eigenvalue weighted by atomic mass is 9.97. The van der Waals surface area contributed by atoms with E-state index >= 15 is 0 Å². The molecule has 0 aliphatic carbocycles. The zero-order chi connectivity index (χ0) is 19.9. The third-order valence-electron chi connectivity index (χ3n) is 5.16. The van der Waals surface area contributed by atoms with Crippen molar-refractivity contribution in [3.8, 4) is 0 Å². The largest absolute Gasteiger partial charge is 0.414 e. The topological polar surface area (TPSA) is 89.4 Å². The number of nitrogens with one attached hydrogen (secondary N) is 1. The fourth-order valence-corrected chi connectivity index (χ4v) is 5.06. The number of ether oxygens (including phenoxy) is 2. The van der Waals surface area contributed by atoms with Crippen molar-refractivity contribution in [2.24, 2.45) is 4.99 Å². The van der Waals surface area contributed by atoms with Crippen LogP contribution in [0.2, 0.25) is 18.1 Å². The number of aliphatic imine (C=N–C) groups is 1. The van der Waals surface area contributed by atoms with Crippen LogP contribution >= 0.6 is 11.8 Å². The van der Waals surface area contributed by atoms with E-state index in [2.05, 4.69) is 44.2 Å². The Labute approximate surface area is 159 Å². The van der Waals surface area contributed by atoms with Crippen LogP contribution in [0.1, 0.15) is 27.7 Å². The Balaban J connectivity index is 2.08. The molecule has 0 radical (unpaired) electrons. The van der Waals surface area contributed by atoms with Crippen LogP contribution in [-0.2, 0) is 13.9 Å². The SMILES string of the molecule is CNC(=O)OC1=N[C@@H]2[C@H](F)[C@H](O)[C@@H]([C@H](C)O[Si](C)(C)C(C)(C)C)O[C@@H]2S1. The van der Waals surface area contributed by atoms with Gasteiger partial charge in [-0.05, 0) is 36.8 Å². The second kappa shape index (κ2) is 7.74. The highest BCUT2D eigenvalue weighted by molar-refractivity contribution is 8.14. The van der Waals surface area contributed by atoms with E-state index < -0.39 is 50.4 Å². The van der Waals surface area contributed by atoms with Gasteiger partial charge in [0.1, 0.15) is 23.7 Å². The number of carbonyl (C=O) groups excluding carboxylic acids is 1. The number of hydrogen-bond donors (Lipinski definition) is 2. The Bertz CT molecular complexity index is 571. The Kier molecular flexibility index (Phi) is 6.44. The van der Waals surface area contributed by atoms with Crippen molar-refractivity contribution >= 4 is 31.4 Å². The highest BCUT2D eigenvalue weighted by Crippen LogP contribution is 2.42. The van der Waals surface area contributed by atoms with E-state index in [0.717, 1.165) is 11.8 Å². The van der Waals surface area contributed by atoms with E-state index in [0.29, 0.717) is 0 Å². The number of alkyl halides is 1. The molecule has 0 bridgehead atoms. The Morgan fingerprint density at radius 2 is 2.08 bits per heavy atom. The van der Waals surface area contributed by atoms with Crippen LogP contribution in [0.3, 0.4) is 0 Å². The minimum atomic E-state index is -2.10. The highest BCUT2D eigenvalue weighted by Gasteiger charge is 2.52. The fourth-order valence-electron chi connectivity index (χ4n) is 2.61. The van der Waals surface area contributed by atoms with Gasteiger partial charge >= 0.3 is 6.09 Å². The molecule has 26 heavy (non-hydrogen) atoms. The van der Waals surface area contributed by atoms with Crippen molar-refractivity contribution in [3.05, 3.63) is 0 Å². The molecular formula is C16H29FN2O5SSi. The molecule has 6 atom stereocenters. The summed E-state index contributed by atoms with van der Waals surface area (Å²) in [5.41, 5.74) is -0.663. The molecule has 150 valence electrons. The first-order valence-electron chi connectivity index (χ1n) is 8.67. The van der Waals surface area contributed by atoms with E-state index in [4.69, 9.17) is 13.9 Å². The number of fused-ring (bicyclic) bond motifs is 1. The number of rotatable bonds is 3. The van der Waals surface area contributed by atoms with Gasteiger partial charge in [0.25, 0.3) is 5.23 Å². The molecule has 2 aliphatic rings. The average molecular weight is 409 g/mol. The molecule has 0 aromatic carbocycles. The van der Waals surface area contributed by atoms with Gasteiger partial charge < -0.3 is 24.3 Å². The minimum absolute atomic E-state index is 0.0156. The van der Waals surface area contributed by atoms with Crippen molar-refractivity contribution < 1.29 is 28.2 Å². The summed E-state index contributed by atoms with van der Waals surface area (Å²) in [7, 11) is -0.684. The summed E-state index contributed by atoms with van der Waals surface area (Å²) in [5.74, 6) is 0. The van der Waals surface area contributed by atoms with Crippen LogP contribution in [0.4, 0.5) is 9.18 Å². The first-order valence-corrected chi connectivity index (χ1v) is 12.5. The molecule has 2 aliphatic heterocycles. The molecule has 2 N–H and O–H groups in total. The quantitative estimate of drug-likeness (QED) is 0.698. The lowest BCUT2D eigenvalue weighted by Gasteiger charge is -2.44. The molecule has 0 aromatic heterocycles. The first kappa shape index (κ1) is 21.6. The summed E-state index contributed by atoms with van der Waals surface area (Å²) in [5, 5.41) is 12.7. The number of amides is 1. The predicted octanol–water partition coefficient (Wildman–Crippen LogP) is 2.65. The summed E-state index contributed by atoms with van der Waals surface area (Å²) in [4.78, 5) is 15.4. The van der Waals surface area contributed by atoms with Crippen LogP contribution in [-0.4, -0.2) is 67.8 Å². The standard InChI is InChI=1S/C16H29FN2O5SSi/c1-8(24-26(6,7)16(2,3)4)12-11(20)9(17)10-13(22-12)25-15(19-10)23-14(21)18-5/h8-13,20H,1-7H3,(H,18,21)/t8-,9-,10+,11-,12+,13+/m0/s1. The minimum Gasteiger partial charge on any atom is -0.411 e. The number of carbonyl (C=O) groups is 1. The number of halogens is 1. The maximum absolute atomic E-state index is 14.8. The molecule has 0 unspecified atom stereocenters. The summed E-state index contributed by atoms with van der Waals surface area (Å²) < 4.78 is 31.9. The molecule has 0 saturated carbocycles. The van der Waals surface area contributed by atoms with Gasteiger partial charge in [0, 0.05) is 7.05 Å². The van der Waals surface area contributed by atoms with Gasteiger partial charge in [-0.3, -0.25) is 0 Å². The molecule has 0 aromatic rings. The maximum Gasteiger partial charge on any atom is 0.414 e. The number of hydrogen-bond acceptors (Lipinski definition) is 7. The predicted molar refractivity (Wildman–Crippen MR) is 102 cm³/mol. The zero-order valence-electron chi connectivity index (χ0n) is 16.3. The molecule has 2 heterocycles. The van der Waals surface area contributed by atoms with Crippen molar-refractivity contribution in [1.29, 1.82) is 0 Å². The summed E-state index contributed by atoms with van der Waals surface area (Å²) >= 11 is 1.04. The average Bonchev–Trinajstić information content (AvgIpc) is 2.91. The van der Waals surface area contributed by atoms with Crippen LogP contribution < -0.4 is 5.32 Å². The first-order chi connectivity index (χ1) is 11.9. The van der Waals surface area contributed by atoms with Gasteiger partial charge in [-0.25, -0.2) is 14.2 Å². The molecule has 0 spiro atoms. The van der Waals surface area contributed by atoms with E-state index in [1.165, 1.54) is 7.05 Å². The monoisotopic (exact) mass is 408 g/mol. The smallest absolute Gasteiger partial charge is 0.411 e. The lowest BCUT2D eigenvalue weighted by molar-refractivity contribution is -0.162.